The second-order valence-electron chi connectivity index (χ2n) is 6.78. The monoisotopic (exact) mass is 281 g/mol. The lowest BCUT2D eigenvalue weighted by Gasteiger charge is -2.43. The van der Waals surface area contributed by atoms with Gasteiger partial charge >= 0.3 is 0 Å². The third kappa shape index (κ3) is 2.71. The highest BCUT2D eigenvalue weighted by molar-refractivity contribution is 5.35. The molecule has 0 N–H and O–H groups in total. The van der Waals surface area contributed by atoms with Gasteiger partial charge < -0.3 is 0 Å². The van der Waals surface area contributed by atoms with Crippen molar-refractivity contribution in [2.24, 2.45) is 11.8 Å². The van der Waals surface area contributed by atoms with Gasteiger partial charge in [-0.3, -0.25) is 4.98 Å². The topological polar surface area (TPSA) is 12.9 Å². The van der Waals surface area contributed by atoms with Crippen LogP contribution in [-0.4, -0.2) is 4.98 Å². The minimum atomic E-state index is 0.1000. The van der Waals surface area contributed by atoms with Crippen molar-refractivity contribution in [1.29, 1.82) is 0 Å². The summed E-state index contributed by atoms with van der Waals surface area (Å²) in [5.41, 5.74) is 2.68. The van der Waals surface area contributed by atoms with Crippen LogP contribution in [0.3, 0.4) is 0 Å². The van der Waals surface area contributed by atoms with Crippen molar-refractivity contribution in [2.45, 2.75) is 57.8 Å². The van der Waals surface area contributed by atoms with Gasteiger partial charge in [-0.25, -0.2) is 0 Å². The molecule has 0 spiro atoms. The van der Waals surface area contributed by atoms with E-state index in [1.165, 1.54) is 43.4 Å². The van der Waals surface area contributed by atoms with Gasteiger partial charge in [-0.05, 0) is 55.7 Å². The zero-order chi connectivity index (χ0) is 14.7. The molecule has 3 rings (SSSR count). The van der Waals surface area contributed by atoms with E-state index in [0.717, 1.165) is 12.3 Å². The van der Waals surface area contributed by atoms with Crippen molar-refractivity contribution in [3.63, 3.8) is 0 Å². The second kappa shape index (κ2) is 6.17. The molecule has 1 unspecified atom stereocenters. The molecule has 112 valence electrons. The predicted octanol–water partition coefficient (Wildman–Crippen LogP) is 5.36. The molecule has 1 fully saturated rings. The molecule has 0 saturated heterocycles. The van der Waals surface area contributed by atoms with Gasteiger partial charge in [0.05, 0.1) is 5.69 Å². The zero-order valence-corrected chi connectivity index (χ0v) is 13.4. The van der Waals surface area contributed by atoms with Crippen molar-refractivity contribution >= 4 is 0 Å². The maximum atomic E-state index is 4.77. The van der Waals surface area contributed by atoms with E-state index in [9.17, 15) is 0 Å². The smallest absolute Gasteiger partial charge is 0.0511 e. The molecular formula is C20H27N. The van der Waals surface area contributed by atoms with Gasteiger partial charge in [-0.2, -0.15) is 0 Å². The molecule has 1 aromatic heterocycles. The van der Waals surface area contributed by atoms with Gasteiger partial charge in [-0.1, -0.05) is 50.5 Å². The van der Waals surface area contributed by atoms with Crippen LogP contribution in [0.2, 0.25) is 0 Å². The van der Waals surface area contributed by atoms with Gasteiger partial charge in [0.15, 0.2) is 0 Å². The standard InChI is InChI=1S/C20H27N/c1-3-20(19-15-16(2)12-14-21-19)13-8-7-11-18(20)17-9-5-4-6-10-17/h7-8,11-15,17-18H,3-6,9-10H2,1-2H3/t18?,20-/m0/s1. The molecule has 1 heteroatoms. The van der Waals surface area contributed by atoms with E-state index in [-0.39, 0.29) is 5.41 Å². The van der Waals surface area contributed by atoms with Crippen LogP contribution in [0.4, 0.5) is 0 Å². The quantitative estimate of drug-likeness (QED) is 0.726. The molecular weight excluding hydrogens is 254 g/mol. The summed E-state index contributed by atoms with van der Waals surface area (Å²) < 4.78 is 0. The Morgan fingerprint density at radius 3 is 2.71 bits per heavy atom. The van der Waals surface area contributed by atoms with E-state index in [4.69, 9.17) is 4.98 Å². The average molecular weight is 281 g/mol. The Balaban J connectivity index is 2.00. The Kier molecular flexibility index (Phi) is 4.28. The molecule has 0 radical (unpaired) electrons. The lowest BCUT2D eigenvalue weighted by atomic mass is 9.61. The van der Waals surface area contributed by atoms with Crippen LogP contribution in [0.1, 0.15) is 56.7 Å². The Hall–Kier alpha value is -1.37. The summed E-state index contributed by atoms with van der Waals surface area (Å²) in [4.78, 5) is 4.77. The number of nitrogens with zero attached hydrogens (tertiary/aromatic N) is 1. The number of hydrogen-bond donors (Lipinski definition) is 0. The highest BCUT2D eigenvalue weighted by Crippen LogP contribution is 2.47. The van der Waals surface area contributed by atoms with E-state index in [1.54, 1.807) is 0 Å². The fourth-order valence-corrected chi connectivity index (χ4v) is 4.35. The fourth-order valence-electron chi connectivity index (χ4n) is 4.35. The van der Waals surface area contributed by atoms with Crippen LogP contribution in [0.5, 0.6) is 0 Å². The van der Waals surface area contributed by atoms with Gasteiger partial charge in [-0.15, -0.1) is 0 Å². The van der Waals surface area contributed by atoms with Gasteiger partial charge in [0.1, 0.15) is 0 Å². The molecule has 0 aliphatic heterocycles. The number of rotatable bonds is 3. The molecule has 2 atom stereocenters. The first-order chi connectivity index (χ1) is 10.3. The summed E-state index contributed by atoms with van der Waals surface area (Å²) in [5.74, 6) is 1.43. The minimum absolute atomic E-state index is 0.1000. The lowest BCUT2D eigenvalue weighted by Crippen LogP contribution is -2.39. The number of aromatic nitrogens is 1. The molecule has 1 nitrogen and oxygen atoms in total. The summed E-state index contributed by atoms with van der Waals surface area (Å²) in [6, 6.07) is 4.40. The van der Waals surface area contributed by atoms with Crippen LogP contribution in [0.25, 0.3) is 0 Å². The molecule has 0 aromatic carbocycles. The third-order valence-corrected chi connectivity index (χ3v) is 5.55. The number of allylic oxidation sites excluding steroid dienone is 4. The summed E-state index contributed by atoms with van der Waals surface area (Å²) >= 11 is 0. The van der Waals surface area contributed by atoms with E-state index >= 15 is 0 Å². The number of hydrogen-bond acceptors (Lipinski definition) is 1. The first kappa shape index (κ1) is 14.6. The van der Waals surface area contributed by atoms with Gasteiger partial charge in [0.25, 0.3) is 0 Å². The first-order valence-corrected chi connectivity index (χ1v) is 8.55. The van der Waals surface area contributed by atoms with Crippen LogP contribution in [0.15, 0.2) is 42.6 Å². The van der Waals surface area contributed by atoms with Gasteiger partial charge in [0.2, 0.25) is 0 Å². The zero-order valence-electron chi connectivity index (χ0n) is 13.4. The SMILES string of the molecule is CC[C@]1(c2cc(C)ccn2)C=CC=CC1C1CCCCC1. The fraction of sp³-hybridized carbons (Fsp3) is 0.550. The molecule has 2 aliphatic rings. The third-order valence-electron chi connectivity index (χ3n) is 5.55. The van der Waals surface area contributed by atoms with Crippen LogP contribution in [0, 0.1) is 18.8 Å². The summed E-state index contributed by atoms with van der Waals surface area (Å²) in [6.07, 6.45) is 19.5. The highest BCUT2D eigenvalue weighted by Gasteiger charge is 2.41. The molecule has 1 heterocycles. The lowest BCUT2D eigenvalue weighted by molar-refractivity contribution is 0.207. The Labute approximate surface area is 129 Å². The minimum Gasteiger partial charge on any atom is -0.260 e. The molecule has 21 heavy (non-hydrogen) atoms. The highest BCUT2D eigenvalue weighted by atomic mass is 14.7. The first-order valence-electron chi connectivity index (χ1n) is 8.55. The van der Waals surface area contributed by atoms with Gasteiger partial charge in [0, 0.05) is 11.6 Å². The van der Waals surface area contributed by atoms with E-state index in [1.807, 2.05) is 6.20 Å². The second-order valence-corrected chi connectivity index (χ2v) is 6.78. The van der Waals surface area contributed by atoms with Crippen molar-refractivity contribution in [1.82, 2.24) is 4.98 Å². The van der Waals surface area contributed by atoms with Crippen LogP contribution in [-0.2, 0) is 5.41 Å². The summed E-state index contributed by atoms with van der Waals surface area (Å²) in [7, 11) is 0. The molecule has 2 aliphatic carbocycles. The normalized spacial score (nSPS) is 29.7. The Bertz CT molecular complexity index is 537. The largest absolute Gasteiger partial charge is 0.260 e. The van der Waals surface area contributed by atoms with Crippen molar-refractivity contribution in [3.05, 3.63) is 53.9 Å². The van der Waals surface area contributed by atoms with E-state index < -0.39 is 0 Å². The average Bonchev–Trinajstić information content (AvgIpc) is 2.55. The Morgan fingerprint density at radius 2 is 2.00 bits per heavy atom. The van der Waals surface area contributed by atoms with Crippen LogP contribution >= 0.6 is 0 Å². The molecule has 0 amide bonds. The number of pyridine rings is 1. The Morgan fingerprint density at radius 1 is 1.19 bits per heavy atom. The summed E-state index contributed by atoms with van der Waals surface area (Å²) in [5, 5.41) is 0. The van der Waals surface area contributed by atoms with Crippen molar-refractivity contribution in [2.75, 3.05) is 0 Å². The van der Waals surface area contributed by atoms with Crippen LogP contribution < -0.4 is 0 Å². The molecule has 0 bridgehead atoms. The van der Waals surface area contributed by atoms with Crippen molar-refractivity contribution < 1.29 is 0 Å². The van der Waals surface area contributed by atoms with Crippen molar-refractivity contribution in [3.8, 4) is 0 Å². The molecule has 1 saturated carbocycles. The maximum absolute atomic E-state index is 4.77. The van der Waals surface area contributed by atoms with E-state index in [0.29, 0.717) is 5.92 Å². The molecule has 1 aromatic rings. The predicted molar refractivity (Wildman–Crippen MR) is 89.3 cm³/mol. The number of aryl methyl sites for hydroxylation is 1. The summed E-state index contributed by atoms with van der Waals surface area (Å²) in [6.45, 7) is 4.50. The van der Waals surface area contributed by atoms with E-state index in [2.05, 4.69) is 50.3 Å². The maximum Gasteiger partial charge on any atom is 0.0511 e.